The van der Waals surface area contributed by atoms with E-state index in [2.05, 4.69) is 31.2 Å². The zero-order chi connectivity index (χ0) is 12.0. The molecule has 3 aromatic rings. The second kappa shape index (κ2) is 3.42. The van der Waals surface area contributed by atoms with Gasteiger partial charge in [-0.25, -0.2) is 0 Å². The molecule has 0 bridgehead atoms. The Morgan fingerprint density at radius 3 is 2.65 bits per heavy atom. The van der Waals surface area contributed by atoms with Crippen molar-refractivity contribution in [3.8, 4) is 0 Å². The van der Waals surface area contributed by atoms with Gasteiger partial charge in [0, 0.05) is 10.9 Å². The summed E-state index contributed by atoms with van der Waals surface area (Å²) in [5, 5.41) is 3.18. The van der Waals surface area contributed by atoms with Gasteiger partial charge >= 0.3 is 5.82 Å². The number of aryl methyl sites for hydroxylation is 2. The summed E-state index contributed by atoms with van der Waals surface area (Å²) in [6.07, 6.45) is 0. The number of benzene rings is 1. The molecule has 3 heteroatoms. The quantitative estimate of drug-likeness (QED) is 0.677. The van der Waals surface area contributed by atoms with Crippen molar-refractivity contribution in [1.29, 1.82) is 0 Å². The maximum atomic E-state index is 11.1. The number of fused-ring (bicyclic) bond motifs is 3. The molecule has 0 atom stereocenters. The van der Waals surface area contributed by atoms with Crippen molar-refractivity contribution >= 4 is 22.2 Å². The molecule has 0 saturated carbocycles. The molecule has 0 amide bonds. The molecule has 17 heavy (non-hydrogen) atoms. The van der Waals surface area contributed by atoms with E-state index in [4.69, 9.17) is 0 Å². The summed E-state index contributed by atoms with van der Waals surface area (Å²) in [5.74, 6) is 0.620. The van der Waals surface area contributed by atoms with Crippen molar-refractivity contribution in [1.82, 2.24) is 4.40 Å². The zero-order valence-electron chi connectivity index (χ0n) is 9.82. The highest BCUT2D eigenvalue weighted by Gasteiger charge is 2.16. The largest absolute Gasteiger partial charge is 0.326 e. The lowest BCUT2D eigenvalue weighted by Crippen LogP contribution is -2.57. The van der Waals surface area contributed by atoms with Crippen LogP contribution < -0.4 is 5.18 Å². The Morgan fingerprint density at radius 2 is 1.88 bits per heavy atom. The molecular formula is C14H13N2O+. The Balaban J connectivity index is 2.57. The monoisotopic (exact) mass is 225 g/mol. The van der Waals surface area contributed by atoms with Crippen LogP contribution in [0.1, 0.15) is 11.1 Å². The first-order valence-electron chi connectivity index (χ1n) is 5.60. The summed E-state index contributed by atoms with van der Waals surface area (Å²) in [4.78, 5) is 11.1. The highest BCUT2D eigenvalue weighted by molar-refractivity contribution is 5.85. The highest BCUT2D eigenvalue weighted by atomic mass is 16.3. The summed E-state index contributed by atoms with van der Waals surface area (Å²) in [6.45, 7) is 4.00. The maximum absolute atomic E-state index is 11.1. The lowest BCUT2D eigenvalue weighted by atomic mass is 10.1. The summed E-state index contributed by atoms with van der Waals surface area (Å²) in [5.41, 5.74) is 4.28. The number of nitroso groups, excluding NO2 is 1. The third kappa shape index (κ3) is 1.35. The smallest absolute Gasteiger partial charge is 0.190 e. The van der Waals surface area contributed by atoms with Crippen molar-refractivity contribution in [3.05, 3.63) is 52.4 Å². The number of nitrogens with one attached hydrogen (secondary N) is 1. The van der Waals surface area contributed by atoms with Crippen LogP contribution in [0.5, 0.6) is 0 Å². The van der Waals surface area contributed by atoms with Crippen LogP contribution in [0.2, 0.25) is 0 Å². The van der Waals surface area contributed by atoms with Crippen molar-refractivity contribution in [2.75, 3.05) is 0 Å². The minimum absolute atomic E-state index is 0.620. The zero-order valence-corrected chi connectivity index (χ0v) is 9.82. The molecule has 2 heterocycles. The van der Waals surface area contributed by atoms with E-state index in [0.717, 1.165) is 22.0 Å². The predicted molar refractivity (Wildman–Crippen MR) is 68.4 cm³/mol. The third-order valence-corrected chi connectivity index (χ3v) is 3.17. The van der Waals surface area contributed by atoms with Gasteiger partial charge in [-0.05, 0) is 49.4 Å². The van der Waals surface area contributed by atoms with E-state index in [1.54, 1.807) is 0 Å². The van der Waals surface area contributed by atoms with Gasteiger partial charge < -0.3 is 0 Å². The van der Waals surface area contributed by atoms with E-state index in [1.807, 2.05) is 28.6 Å². The van der Waals surface area contributed by atoms with Crippen LogP contribution in [0.15, 0.2) is 36.4 Å². The number of nitrogens with zero attached hydrogens (tertiary/aromatic N) is 1. The lowest BCUT2D eigenvalue weighted by Gasteiger charge is -1.99. The first-order chi connectivity index (χ1) is 8.20. The number of pyridine rings is 1. The average Bonchev–Trinajstić information content (AvgIpc) is 2.64. The second-order valence-corrected chi connectivity index (χ2v) is 4.43. The molecular weight excluding hydrogens is 212 g/mol. The van der Waals surface area contributed by atoms with Crippen molar-refractivity contribution in [3.63, 3.8) is 0 Å². The number of hydrogen-bond acceptors (Lipinski definition) is 1. The van der Waals surface area contributed by atoms with Crippen LogP contribution in [0.25, 0.3) is 16.4 Å². The Labute approximate surface area is 98.7 Å². The van der Waals surface area contributed by atoms with E-state index in [1.165, 1.54) is 5.56 Å². The fraction of sp³-hybridized carbons (Fsp3) is 0.143. The Hall–Kier alpha value is -2.16. The van der Waals surface area contributed by atoms with Crippen LogP contribution in [0, 0.1) is 18.8 Å². The normalized spacial score (nSPS) is 11.2. The van der Waals surface area contributed by atoms with E-state index in [9.17, 15) is 4.91 Å². The van der Waals surface area contributed by atoms with Crippen LogP contribution in [-0.2, 0) is 0 Å². The lowest BCUT2D eigenvalue weighted by molar-refractivity contribution is -0.385. The van der Waals surface area contributed by atoms with E-state index >= 15 is 0 Å². The molecule has 0 aliphatic heterocycles. The molecule has 1 aromatic carbocycles. The van der Waals surface area contributed by atoms with Crippen LogP contribution in [0.3, 0.4) is 0 Å². The highest BCUT2D eigenvalue weighted by Crippen LogP contribution is 2.24. The van der Waals surface area contributed by atoms with E-state index in [-0.39, 0.29) is 0 Å². The molecule has 1 N–H and O–H groups in total. The molecule has 84 valence electrons. The molecule has 0 unspecified atom stereocenters. The Kier molecular flexibility index (Phi) is 2.01. The van der Waals surface area contributed by atoms with Crippen LogP contribution in [0.4, 0.5) is 5.82 Å². The molecule has 2 aromatic heterocycles. The fourth-order valence-electron chi connectivity index (χ4n) is 2.35. The average molecular weight is 225 g/mol. The van der Waals surface area contributed by atoms with Crippen LogP contribution in [-0.4, -0.2) is 4.40 Å². The number of aromatic nitrogens is 1. The molecule has 3 nitrogen and oxygen atoms in total. The van der Waals surface area contributed by atoms with Crippen molar-refractivity contribution in [2.45, 2.75) is 13.8 Å². The first-order valence-corrected chi connectivity index (χ1v) is 5.60. The fourth-order valence-corrected chi connectivity index (χ4v) is 2.35. The first kappa shape index (κ1) is 10.0. The third-order valence-electron chi connectivity index (χ3n) is 3.17. The minimum atomic E-state index is 0.620. The SMILES string of the molecule is Cc1ccc2c(ccc3cc(C)c([NH+]=O)n32)c1. The van der Waals surface area contributed by atoms with Gasteiger partial charge in [0.2, 0.25) is 0 Å². The van der Waals surface area contributed by atoms with Gasteiger partial charge in [-0.2, -0.15) is 4.40 Å². The number of rotatable bonds is 1. The molecule has 0 spiro atoms. The van der Waals surface area contributed by atoms with Gasteiger partial charge in [0.15, 0.2) is 0 Å². The van der Waals surface area contributed by atoms with Gasteiger partial charge in [-0.15, -0.1) is 0 Å². The van der Waals surface area contributed by atoms with Gasteiger partial charge in [0.25, 0.3) is 0 Å². The van der Waals surface area contributed by atoms with Crippen molar-refractivity contribution < 1.29 is 5.18 Å². The van der Waals surface area contributed by atoms with E-state index in [0.29, 0.717) is 5.82 Å². The Morgan fingerprint density at radius 1 is 1.06 bits per heavy atom. The van der Waals surface area contributed by atoms with Crippen LogP contribution >= 0.6 is 0 Å². The topological polar surface area (TPSA) is 35.5 Å². The summed E-state index contributed by atoms with van der Waals surface area (Å²) < 4.78 is 1.97. The van der Waals surface area contributed by atoms with Gasteiger partial charge in [-0.1, -0.05) is 16.5 Å². The standard InChI is InChI=1S/C14H12N2O/c1-9-3-6-13-11(7-9)4-5-12-8-10(2)14(15-17)16(12)13/h3-8H,1-2H3/p+1. The van der Waals surface area contributed by atoms with Gasteiger partial charge in [0.1, 0.15) is 11.0 Å². The molecule has 0 aliphatic carbocycles. The molecule has 0 aliphatic rings. The van der Waals surface area contributed by atoms with Gasteiger partial charge in [0.05, 0.1) is 0 Å². The molecule has 0 radical (unpaired) electrons. The molecule has 0 fully saturated rings. The second-order valence-electron chi connectivity index (χ2n) is 4.43. The maximum Gasteiger partial charge on any atom is 0.326 e. The van der Waals surface area contributed by atoms with Crippen molar-refractivity contribution in [2.24, 2.45) is 0 Å². The number of hydrogen-bond donors (Lipinski definition) is 1. The molecule has 0 saturated heterocycles. The molecule has 3 rings (SSSR count). The minimum Gasteiger partial charge on any atom is -0.190 e. The summed E-state index contributed by atoms with van der Waals surface area (Å²) >= 11 is 0. The predicted octanol–water partition coefficient (Wildman–Crippen LogP) is 2.19. The Bertz CT molecular complexity index is 741. The van der Waals surface area contributed by atoms with Gasteiger partial charge in [-0.3, -0.25) is 0 Å². The summed E-state index contributed by atoms with van der Waals surface area (Å²) in [6, 6.07) is 12.4. The van der Waals surface area contributed by atoms with E-state index < -0.39 is 0 Å². The summed E-state index contributed by atoms with van der Waals surface area (Å²) in [7, 11) is 0.